The van der Waals surface area contributed by atoms with E-state index in [1.54, 1.807) is 16.2 Å². The Morgan fingerprint density at radius 3 is 2.71 bits per heavy atom. The van der Waals surface area contributed by atoms with Crippen molar-refractivity contribution in [2.45, 2.75) is 46.2 Å². The molecule has 0 saturated heterocycles. The van der Waals surface area contributed by atoms with Crippen LogP contribution in [0.1, 0.15) is 42.8 Å². The number of aryl methyl sites for hydroxylation is 1. The quantitative estimate of drug-likeness (QED) is 0.741. The molecule has 2 aromatic rings. The highest BCUT2D eigenvalue weighted by Crippen LogP contribution is 2.34. The van der Waals surface area contributed by atoms with Gasteiger partial charge in [0, 0.05) is 24.4 Å². The summed E-state index contributed by atoms with van der Waals surface area (Å²) in [5.41, 5.74) is 2.24. The molecule has 3 rings (SSSR count). The van der Waals surface area contributed by atoms with Gasteiger partial charge in [-0.15, -0.1) is 11.3 Å². The molecule has 2 heterocycles. The Balaban J connectivity index is 1.80. The van der Waals surface area contributed by atoms with Gasteiger partial charge in [0.1, 0.15) is 12.4 Å². The van der Waals surface area contributed by atoms with Gasteiger partial charge in [-0.1, -0.05) is 18.2 Å². The number of para-hydroxylation sites is 1. The maximum absolute atomic E-state index is 13.1. The second kappa shape index (κ2) is 8.78. The zero-order chi connectivity index (χ0) is 20.3. The van der Waals surface area contributed by atoms with Crippen molar-refractivity contribution in [3.63, 3.8) is 0 Å². The summed E-state index contributed by atoms with van der Waals surface area (Å²) < 4.78 is 6.11. The Labute approximate surface area is 170 Å². The third kappa shape index (κ3) is 4.38. The summed E-state index contributed by atoms with van der Waals surface area (Å²) in [6.45, 7) is 8.55. The molecule has 0 saturated carbocycles. The van der Waals surface area contributed by atoms with Crippen molar-refractivity contribution in [1.82, 2.24) is 9.80 Å². The van der Waals surface area contributed by atoms with Crippen LogP contribution in [0.15, 0.2) is 35.7 Å². The van der Waals surface area contributed by atoms with Crippen LogP contribution in [0.25, 0.3) is 0 Å². The first-order valence-corrected chi connectivity index (χ1v) is 10.6. The van der Waals surface area contributed by atoms with E-state index < -0.39 is 0 Å². The molecule has 1 aromatic heterocycles. The fourth-order valence-corrected chi connectivity index (χ4v) is 4.58. The van der Waals surface area contributed by atoms with Gasteiger partial charge in [0.15, 0.2) is 0 Å². The maximum Gasteiger partial charge on any atom is 0.242 e. The van der Waals surface area contributed by atoms with Gasteiger partial charge in [-0.05, 0) is 55.8 Å². The van der Waals surface area contributed by atoms with E-state index in [0.29, 0.717) is 13.2 Å². The molecule has 150 valence electrons. The molecule has 0 aliphatic carbocycles. The van der Waals surface area contributed by atoms with Gasteiger partial charge in [0.25, 0.3) is 0 Å². The van der Waals surface area contributed by atoms with Crippen molar-refractivity contribution in [3.8, 4) is 5.75 Å². The number of nitrogens with zero attached hydrogens (tertiary/aromatic N) is 2. The number of hydrogen-bond acceptors (Lipinski definition) is 4. The Bertz CT molecular complexity index is 846. The zero-order valence-electron chi connectivity index (χ0n) is 17.0. The van der Waals surface area contributed by atoms with E-state index in [0.717, 1.165) is 23.3 Å². The lowest BCUT2D eigenvalue weighted by Gasteiger charge is -2.37. The van der Waals surface area contributed by atoms with Gasteiger partial charge >= 0.3 is 0 Å². The number of rotatable bonds is 6. The van der Waals surface area contributed by atoms with Gasteiger partial charge in [0.2, 0.25) is 11.8 Å². The van der Waals surface area contributed by atoms with Crippen LogP contribution in [0, 0.1) is 6.92 Å². The summed E-state index contributed by atoms with van der Waals surface area (Å²) in [4.78, 5) is 29.9. The van der Waals surface area contributed by atoms with E-state index in [1.165, 1.54) is 11.8 Å². The largest absolute Gasteiger partial charge is 0.491 e. The lowest BCUT2D eigenvalue weighted by atomic mass is 10.00. The highest BCUT2D eigenvalue weighted by molar-refractivity contribution is 7.10. The Kier molecular flexibility index (Phi) is 6.39. The van der Waals surface area contributed by atoms with Gasteiger partial charge in [-0.2, -0.15) is 0 Å². The minimum Gasteiger partial charge on any atom is -0.491 e. The molecule has 6 heteroatoms. The Morgan fingerprint density at radius 1 is 1.29 bits per heavy atom. The molecular weight excluding hydrogens is 372 g/mol. The van der Waals surface area contributed by atoms with E-state index in [-0.39, 0.29) is 30.4 Å². The summed E-state index contributed by atoms with van der Waals surface area (Å²) >= 11 is 1.73. The number of amides is 2. The summed E-state index contributed by atoms with van der Waals surface area (Å²) in [6, 6.07) is 9.86. The molecule has 1 atom stereocenters. The SMILES string of the molecule is CC(=O)N(CC(=O)N1CCc2sccc2[C@@H]1COc1ccccc1C)C(C)C. The first-order valence-electron chi connectivity index (χ1n) is 9.70. The molecule has 0 fully saturated rings. The minimum absolute atomic E-state index is 0.00961. The fraction of sp³-hybridized carbons (Fsp3) is 0.455. The predicted octanol–water partition coefficient (Wildman–Crippen LogP) is 3.82. The summed E-state index contributed by atoms with van der Waals surface area (Å²) in [5, 5.41) is 2.08. The lowest BCUT2D eigenvalue weighted by Crippen LogP contribution is -2.49. The van der Waals surface area contributed by atoms with E-state index in [4.69, 9.17) is 4.74 Å². The molecule has 1 aliphatic heterocycles. The van der Waals surface area contributed by atoms with Crippen LogP contribution in [-0.4, -0.2) is 47.4 Å². The first kappa shape index (κ1) is 20.4. The van der Waals surface area contributed by atoms with Crippen LogP contribution in [0.5, 0.6) is 5.75 Å². The van der Waals surface area contributed by atoms with E-state index in [1.807, 2.05) is 49.9 Å². The Morgan fingerprint density at radius 2 is 2.04 bits per heavy atom. The summed E-state index contributed by atoms with van der Waals surface area (Å²) in [5.74, 6) is 0.730. The number of carbonyl (C=O) groups excluding carboxylic acids is 2. The van der Waals surface area contributed by atoms with Crippen molar-refractivity contribution >= 4 is 23.2 Å². The van der Waals surface area contributed by atoms with E-state index in [9.17, 15) is 9.59 Å². The van der Waals surface area contributed by atoms with E-state index in [2.05, 4.69) is 11.4 Å². The van der Waals surface area contributed by atoms with Crippen LogP contribution >= 0.6 is 11.3 Å². The van der Waals surface area contributed by atoms with E-state index >= 15 is 0 Å². The molecule has 0 spiro atoms. The van der Waals surface area contributed by atoms with Crippen molar-refractivity contribution in [2.75, 3.05) is 19.7 Å². The first-order chi connectivity index (χ1) is 13.4. The second-order valence-electron chi connectivity index (χ2n) is 7.47. The number of ether oxygens (including phenoxy) is 1. The van der Waals surface area contributed by atoms with Gasteiger partial charge in [-0.25, -0.2) is 0 Å². The summed E-state index contributed by atoms with van der Waals surface area (Å²) in [7, 11) is 0. The molecule has 2 amide bonds. The van der Waals surface area contributed by atoms with Crippen molar-refractivity contribution in [2.24, 2.45) is 0 Å². The monoisotopic (exact) mass is 400 g/mol. The van der Waals surface area contributed by atoms with Crippen LogP contribution in [-0.2, 0) is 16.0 Å². The molecule has 0 bridgehead atoms. The molecule has 0 radical (unpaired) electrons. The molecule has 1 aliphatic rings. The summed E-state index contributed by atoms with van der Waals surface area (Å²) in [6.07, 6.45) is 0.849. The average Bonchev–Trinajstić information content (AvgIpc) is 3.13. The van der Waals surface area contributed by atoms with Crippen LogP contribution in [0.2, 0.25) is 0 Å². The minimum atomic E-state index is -0.136. The number of thiophene rings is 1. The van der Waals surface area contributed by atoms with Crippen LogP contribution < -0.4 is 4.74 Å². The number of carbonyl (C=O) groups is 2. The number of hydrogen-bond donors (Lipinski definition) is 0. The Hall–Kier alpha value is -2.34. The number of fused-ring (bicyclic) bond motifs is 1. The predicted molar refractivity (Wildman–Crippen MR) is 112 cm³/mol. The van der Waals surface area contributed by atoms with Gasteiger partial charge in [0.05, 0.1) is 12.6 Å². The third-order valence-electron chi connectivity index (χ3n) is 5.24. The molecule has 0 N–H and O–H groups in total. The molecule has 0 unspecified atom stereocenters. The highest BCUT2D eigenvalue weighted by Gasteiger charge is 2.33. The van der Waals surface area contributed by atoms with Crippen molar-refractivity contribution < 1.29 is 14.3 Å². The normalized spacial score (nSPS) is 16.0. The molecular formula is C22H28N2O3S. The van der Waals surface area contributed by atoms with Crippen molar-refractivity contribution in [3.05, 3.63) is 51.7 Å². The molecule has 28 heavy (non-hydrogen) atoms. The maximum atomic E-state index is 13.1. The van der Waals surface area contributed by atoms with Crippen molar-refractivity contribution in [1.29, 1.82) is 0 Å². The zero-order valence-corrected chi connectivity index (χ0v) is 17.8. The topological polar surface area (TPSA) is 49.9 Å². The van der Waals surface area contributed by atoms with Gasteiger partial charge in [-0.3, -0.25) is 9.59 Å². The molecule has 1 aromatic carbocycles. The highest BCUT2D eigenvalue weighted by atomic mass is 32.1. The number of benzene rings is 1. The fourth-order valence-electron chi connectivity index (χ4n) is 3.66. The lowest BCUT2D eigenvalue weighted by molar-refractivity contribution is -0.143. The van der Waals surface area contributed by atoms with Gasteiger partial charge < -0.3 is 14.5 Å². The smallest absolute Gasteiger partial charge is 0.242 e. The second-order valence-corrected chi connectivity index (χ2v) is 8.47. The average molecular weight is 401 g/mol. The van der Waals surface area contributed by atoms with Crippen LogP contribution in [0.4, 0.5) is 0 Å². The van der Waals surface area contributed by atoms with Crippen LogP contribution in [0.3, 0.4) is 0 Å². The third-order valence-corrected chi connectivity index (χ3v) is 6.24. The molecule has 5 nitrogen and oxygen atoms in total. The standard InChI is InChI=1S/C22H28N2O3S/c1-15(2)24(17(4)25)13-22(26)23-11-9-21-18(10-12-28-21)19(23)14-27-20-8-6-5-7-16(20)3/h5-8,10,12,15,19H,9,11,13-14H2,1-4H3/t19-/m0/s1.